The second-order valence-electron chi connectivity index (χ2n) is 3.46. The van der Waals surface area contributed by atoms with Crippen LogP contribution in [0.5, 0.6) is 0 Å². The van der Waals surface area contributed by atoms with E-state index in [-0.39, 0.29) is 0 Å². The summed E-state index contributed by atoms with van der Waals surface area (Å²) in [5.74, 6) is 2.15. The minimum atomic E-state index is 1.03. The summed E-state index contributed by atoms with van der Waals surface area (Å²) < 4.78 is 0. The van der Waals surface area contributed by atoms with Crippen LogP contribution in [0.25, 0.3) is 0 Å². The van der Waals surface area contributed by atoms with E-state index in [4.69, 9.17) is 0 Å². The van der Waals surface area contributed by atoms with Gasteiger partial charge in [0.25, 0.3) is 0 Å². The summed E-state index contributed by atoms with van der Waals surface area (Å²) in [6.45, 7) is 4.69. The van der Waals surface area contributed by atoms with Crippen molar-refractivity contribution in [3.8, 4) is 0 Å². The Bertz CT molecular complexity index is 72.1. The van der Waals surface area contributed by atoms with Crippen molar-refractivity contribution >= 4 is 0 Å². The first-order valence-electron chi connectivity index (χ1n) is 4.34. The molecule has 1 aliphatic rings. The summed E-state index contributed by atoms with van der Waals surface area (Å²) in [6, 6.07) is 0. The molecular weight excluding hydrogens is 108 g/mol. The first kappa shape index (κ1) is 7.11. The van der Waals surface area contributed by atoms with Crippen LogP contribution in [-0.4, -0.2) is 0 Å². The van der Waals surface area contributed by atoms with E-state index in [0.29, 0.717) is 0 Å². The molecule has 1 aliphatic carbocycles. The number of hydrogen-bond acceptors (Lipinski definition) is 0. The molecule has 0 radical (unpaired) electrons. The van der Waals surface area contributed by atoms with Gasteiger partial charge >= 0.3 is 0 Å². The Kier molecular flexibility index (Phi) is 2.56. The molecule has 0 aliphatic heterocycles. The minimum Gasteiger partial charge on any atom is -0.0654 e. The molecule has 1 fully saturated rings. The minimum absolute atomic E-state index is 1.03. The molecule has 0 aromatic heterocycles. The largest absolute Gasteiger partial charge is 0.0654 e. The molecule has 0 aromatic carbocycles. The van der Waals surface area contributed by atoms with Crippen molar-refractivity contribution in [2.45, 2.75) is 46.0 Å². The molecule has 0 N–H and O–H groups in total. The lowest BCUT2D eigenvalue weighted by molar-refractivity contribution is 0.451. The summed E-state index contributed by atoms with van der Waals surface area (Å²) in [4.78, 5) is 0. The predicted octanol–water partition coefficient (Wildman–Crippen LogP) is 3.22. The van der Waals surface area contributed by atoms with Crippen LogP contribution in [0.15, 0.2) is 0 Å². The fraction of sp³-hybridized carbons (Fsp3) is 1.00. The highest BCUT2D eigenvalue weighted by molar-refractivity contribution is 4.78. The van der Waals surface area contributed by atoms with Gasteiger partial charge in [-0.15, -0.1) is 0 Å². The van der Waals surface area contributed by atoms with Gasteiger partial charge in [0.05, 0.1) is 0 Å². The highest BCUT2D eigenvalue weighted by Crippen LogP contribution is 2.38. The Labute approximate surface area is 58.7 Å². The lowest BCUT2D eigenvalue weighted by Gasteiger charge is -2.06. The van der Waals surface area contributed by atoms with Crippen LogP contribution in [0.3, 0.4) is 0 Å². The second-order valence-corrected chi connectivity index (χ2v) is 3.46. The summed E-state index contributed by atoms with van der Waals surface area (Å²) in [6.07, 6.45) is 7.33. The van der Waals surface area contributed by atoms with Gasteiger partial charge in [-0.25, -0.2) is 0 Å². The van der Waals surface area contributed by atoms with Crippen LogP contribution in [-0.2, 0) is 0 Å². The molecule has 0 unspecified atom stereocenters. The van der Waals surface area contributed by atoms with Gasteiger partial charge in [0.1, 0.15) is 0 Å². The van der Waals surface area contributed by atoms with E-state index in [1.54, 1.807) is 0 Å². The van der Waals surface area contributed by atoms with E-state index in [0.717, 1.165) is 11.8 Å². The van der Waals surface area contributed by atoms with E-state index in [1.165, 1.54) is 32.1 Å². The van der Waals surface area contributed by atoms with Crippen LogP contribution >= 0.6 is 0 Å². The van der Waals surface area contributed by atoms with Crippen LogP contribution in [0.1, 0.15) is 46.0 Å². The maximum Gasteiger partial charge on any atom is -0.0388 e. The van der Waals surface area contributed by atoms with E-state index in [2.05, 4.69) is 13.8 Å². The van der Waals surface area contributed by atoms with Crippen LogP contribution in [0.4, 0.5) is 0 Å². The van der Waals surface area contributed by atoms with Crippen molar-refractivity contribution < 1.29 is 0 Å². The van der Waals surface area contributed by atoms with E-state index in [1.807, 2.05) is 0 Å². The SMILES string of the molecule is CCCC[C@H](C)C1CC1. The zero-order chi connectivity index (χ0) is 6.69. The summed E-state index contributed by atoms with van der Waals surface area (Å²) >= 11 is 0. The Morgan fingerprint density at radius 3 is 2.56 bits per heavy atom. The molecule has 0 nitrogen and oxygen atoms in total. The maximum absolute atomic E-state index is 2.41. The molecule has 54 valence electrons. The molecule has 0 heterocycles. The topological polar surface area (TPSA) is 0 Å². The standard InChI is InChI=1S/C9H18/c1-3-4-5-8(2)9-6-7-9/h8-9H,3-7H2,1-2H3/t8-/m0/s1. The average molecular weight is 126 g/mol. The third kappa shape index (κ3) is 2.38. The fourth-order valence-corrected chi connectivity index (χ4v) is 1.43. The monoisotopic (exact) mass is 126 g/mol. The van der Waals surface area contributed by atoms with Gasteiger partial charge in [0.2, 0.25) is 0 Å². The van der Waals surface area contributed by atoms with Gasteiger partial charge in [0, 0.05) is 0 Å². The molecule has 0 spiro atoms. The molecule has 1 atom stereocenters. The highest BCUT2D eigenvalue weighted by Gasteiger charge is 2.26. The molecule has 0 aromatic rings. The van der Waals surface area contributed by atoms with Crippen molar-refractivity contribution in [1.29, 1.82) is 0 Å². The van der Waals surface area contributed by atoms with Gasteiger partial charge in [-0.2, -0.15) is 0 Å². The Hall–Kier alpha value is 0. The van der Waals surface area contributed by atoms with Crippen LogP contribution in [0.2, 0.25) is 0 Å². The fourth-order valence-electron chi connectivity index (χ4n) is 1.43. The van der Waals surface area contributed by atoms with Crippen molar-refractivity contribution in [2.75, 3.05) is 0 Å². The van der Waals surface area contributed by atoms with Crippen molar-refractivity contribution in [2.24, 2.45) is 11.8 Å². The molecule has 0 heteroatoms. The van der Waals surface area contributed by atoms with Crippen molar-refractivity contribution in [3.05, 3.63) is 0 Å². The zero-order valence-corrected chi connectivity index (χ0v) is 6.69. The second kappa shape index (κ2) is 3.24. The highest BCUT2D eigenvalue weighted by atomic mass is 14.3. The van der Waals surface area contributed by atoms with Gasteiger partial charge in [-0.1, -0.05) is 33.1 Å². The smallest absolute Gasteiger partial charge is 0.0388 e. The Morgan fingerprint density at radius 2 is 2.11 bits per heavy atom. The average Bonchev–Trinajstić information content (AvgIpc) is 2.63. The van der Waals surface area contributed by atoms with Gasteiger partial charge < -0.3 is 0 Å². The third-order valence-corrected chi connectivity index (χ3v) is 2.44. The summed E-state index contributed by atoms with van der Waals surface area (Å²) in [5, 5.41) is 0. The lowest BCUT2D eigenvalue weighted by atomic mass is 10.00. The Morgan fingerprint density at radius 1 is 1.44 bits per heavy atom. The van der Waals surface area contributed by atoms with Crippen molar-refractivity contribution in [3.63, 3.8) is 0 Å². The molecule has 9 heavy (non-hydrogen) atoms. The maximum atomic E-state index is 2.41. The molecule has 0 bridgehead atoms. The first-order valence-corrected chi connectivity index (χ1v) is 4.34. The van der Waals surface area contributed by atoms with E-state index >= 15 is 0 Å². The predicted molar refractivity (Wildman–Crippen MR) is 41.4 cm³/mol. The van der Waals surface area contributed by atoms with Crippen LogP contribution < -0.4 is 0 Å². The lowest BCUT2D eigenvalue weighted by Crippen LogP contribution is -1.95. The van der Waals surface area contributed by atoms with Gasteiger partial charge in [-0.05, 0) is 24.7 Å². The number of unbranched alkanes of at least 4 members (excludes halogenated alkanes) is 1. The van der Waals surface area contributed by atoms with E-state index < -0.39 is 0 Å². The number of hydrogen-bond donors (Lipinski definition) is 0. The quantitative estimate of drug-likeness (QED) is 0.542. The molecule has 0 amide bonds. The summed E-state index contributed by atoms with van der Waals surface area (Å²) in [5.41, 5.74) is 0. The van der Waals surface area contributed by atoms with E-state index in [9.17, 15) is 0 Å². The van der Waals surface area contributed by atoms with Crippen molar-refractivity contribution in [1.82, 2.24) is 0 Å². The van der Waals surface area contributed by atoms with Gasteiger partial charge in [0.15, 0.2) is 0 Å². The first-order chi connectivity index (χ1) is 4.34. The molecule has 1 saturated carbocycles. The zero-order valence-electron chi connectivity index (χ0n) is 6.69. The van der Waals surface area contributed by atoms with Crippen LogP contribution in [0, 0.1) is 11.8 Å². The van der Waals surface area contributed by atoms with Gasteiger partial charge in [-0.3, -0.25) is 0 Å². The third-order valence-electron chi connectivity index (χ3n) is 2.44. The normalized spacial score (nSPS) is 22.0. The molecule has 1 rings (SSSR count). The molecular formula is C9H18. The Balaban J connectivity index is 1.96. The molecule has 0 saturated heterocycles. The summed E-state index contributed by atoms with van der Waals surface area (Å²) in [7, 11) is 0. The number of rotatable bonds is 4.